The summed E-state index contributed by atoms with van der Waals surface area (Å²) in [5.74, 6) is 0.135. The first-order valence-corrected chi connectivity index (χ1v) is 13.7. The zero-order valence-electron chi connectivity index (χ0n) is 23.1. The van der Waals surface area contributed by atoms with Crippen molar-refractivity contribution in [2.75, 3.05) is 39.3 Å². The molecule has 2 aliphatic heterocycles. The minimum absolute atomic E-state index is 0.135. The Hall–Kier alpha value is -3.89. The smallest absolute Gasteiger partial charge is 0.410 e. The fraction of sp³-hybridized carbons (Fsp3) is 0.406. The average Bonchev–Trinajstić information content (AvgIpc) is 3.36. The molecule has 202 valence electrons. The quantitative estimate of drug-likeness (QED) is 0.571. The molecular weight excluding hydrogens is 488 g/mol. The molecule has 2 aromatic carbocycles. The molecule has 0 spiro atoms. The van der Waals surface area contributed by atoms with E-state index in [2.05, 4.69) is 35.2 Å². The molecule has 39 heavy (non-hydrogen) atoms. The Morgan fingerprint density at radius 3 is 2.36 bits per heavy atom. The van der Waals surface area contributed by atoms with Gasteiger partial charge in [0.05, 0.1) is 11.6 Å². The first-order valence-electron chi connectivity index (χ1n) is 13.7. The second-order valence-electron chi connectivity index (χ2n) is 11.5. The molecular formula is C32H36N4O3. The van der Waals surface area contributed by atoms with Crippen LogP contribution in [0.3, 0.4) is 0 Å². The molecule has 0 aromatic heterocycles. The summed E-state index contributed by atoms with van der Waals surface area (Å²) in [5.41, 5.74) is 6.92. The summed E-state index contributed by atoms with van der Waals surface area (Å²) in [6.07, 6.45) is 5.33. The molecule has 7 heteroatoms. The van der Waals surface area contributed by atoms with Crippen LogP contribution >= 0.6 is 0 Å². The summed E-state index contributed by atoms with van der Waals surface area (Å²) in [6.45, 7) is 10.8. The molecule has 0 N–H and O–H groups in total. The molecule has 2 amide bonds. The predicted molar refractivity (Wildman–Crippen MR) is 152 cm³/mol. The van der Waals surface area contributed by atoms with Gasteiger partial charge >= 0.3 is 6.09 Å². The lowest BCUT2D eigenvalue weighted by Gasteiger charge is -2.35. The molecule has 7 nitrogen and oxygen atoms in total. The Bertz CT molecular complexity index is 1350. The Morgan fingerprint density at radius 2 is 1.72 bits per heavy atom. The van der Waals surface area contributed by atoms with Gasteiger partial charge in [0, 0.05) is 57.8 Å². The first-order chi connectivity index (χ1) is 18.7. The maximum atomic E-state index is 13.3. The van der Waals surface area contributed by atoms with E-state index in [0.717, 1.165) is 55.8 Å². The third-order valence-corrected chi connectivity index (χ3v) is 7.51. The van der Waals surface area contributed by atoms with Crippen LogP contribution in [-0.4, -0.2) is 71.6 Å². The molecule has 0 atom stereocenters. The molecule has 0 bridgehead atoms. The number of carbonyl (C=O) groups is 2. The average molecular weight is 525 g/mol. The number of piperazine rings is 1. The van der Waals surface area contributed by atoms with Crippen molar-refractivity contribution >= 4 is 23.6 Å². The van der Waals surface area contributed by atoms with Gasteiger partial charge in [-0.05, 0) is 73.2 Å². The zero-order valence-corrected chi connectivity index (χ0v) is 23.1. The summed E-state index contributed by atoms with van der Waals surface area (Å²) in [5, 5.41) is 8.98. The molecule has 2 aromatic rings. The second kappa shape index (κ2) is 11.1. The number of fused-ring (bicyclic) bond motifs is 1. The number of hydrogen-bond donors (Lipinski definition) is 0. The number of ether oxygens (including phenoxy) is 1. The largest absolute Gasteiger partial charge is 0.444 e. The molecule has 5 rings (SSSR count). The predicted octanol–water partition coefficient (Wildman–Crippen LogP) is 4.87. The SMILES string of the molecule is CC(C)(C)OC(=O)N1CC=C(c2ccc3c(c2)CC(C(=O)N2CCN(Cc4ccc(C#N)cc4)CC2)=C3)CC1. The summed E-state index contributed by atoms with van der Waals surface area (Å²) in [6, 6.07) is 16.3. The lowest BCUT2D eigenvalue weighted by Crippen LogP contribution is -2.48. The van der Waals surface area contributed by atoms with Gasteiger partial charge in [-0.1, -0.05) is 36.4 Å². The molecule has 1 saturated heterocycles. The fourth-order valence-corrected chi connectivity index (χ4v) is 5.36. The number of benzene rings is 2. The molecule has 1 fully saturated rings. The normalized spacial score (nSPS) is 17.7. The van der Waals surface area contributed by atoms with E-state index in [-0.39, 0.29) is 12.0 Å². The zero-order chi connectivity index (χ0) is 27.6. The van der Waals surface area contributed by atoms with Crippen LogP contribution in [0.4, 0.5) is 4.79 Å². The van der Waals surface area contributed by atoms with Crippen molar-refractivity contribution in [2.45, 2.75) is 45.8 Å². The summed E-state index contributed by atoms with van der Waals surface area (Å²) in [4.78, 5) is 31.8. The lowest BCUT2D eigenvalue weighted by molar-refractivity contribution is -0.128. The van der Waals surface area contributed by atoms with Crippen LogP contribution in [0.1, 0.15) is 55.0 Å². The molecule has 0 unspecified atom stereocenters. The summed E-state index contributed by atoms with van der Waals surface area (Å²) >= 11 is 0. The first kappa shape index (κ1) is 26.7. The van der Waals surface area contributed by atoms with Gasteiger partial charge in [0.1, 0.15) is 5.60 Å². The van der Waals surface area contributed by atoms with E-state index in [1.54, 1.807) is 4.90 Å². The van der Waals surface area contributed by atoms with Crippen LogP contribution in [0, 0.1) is 11.3 Å². The topological polar surface area (TPSA) is 76.9 Å². The molecule has 3 aliphatic rings. The van der Waals surface area contributed by atoms with Crippen LogP contribution < -0.4 is 0 Å². The monoisotopic (exact) mass is 524 g/mol. The number of nitrogens with zero attached hydrogens (tertiary/aromatic N) is 4. The second-order valence-corrected chi connectivity index (χ2v) is 11.5. The van der Waals surface area contributed by atoms with E-state index in [1.165, 1.54) is 16.7 Å². The van der Waals surface area contributed by atoms with Crippen LogP contribution in [0.15, 0.2) is 54.1 Å². The van der Waals surface area contributed by atoms with Crippen LogP contribution in [0.25, 0.3) is 11.6 Å². The third kappa shape index (κ3) is 6.40. The van der Waals surface area contributed by atoms with Crippen LogP contribution in [-0.2, 0) is 22.5 Å². The minimum atomic E-state index is -0.497. The molecule has 0 radical (unpaired) electrons. The number of amides is 2. The van der Waals surface area contributed by atoms with Crippen molar-refractivity contribution in [3.8, 4) is 6.07 Å². The van der Waals surface area contributed by atoms with Crippen LogP contribution in [0.5, 0.6) is 0 Å². The fourth-order valence-electron chi connectivity index (χ4n) is 5.36. The van der Waals surface area contributed by atoms with E-state index in [1.807, 2.05) is 56.0 Å². The number of rotatable bonds is 4. The van der Waals surface area contributed by atoms with E-state index in [0.29, 0.717) is 25.1 Å². The molecule has 1 aliphatic carbocycles. The number of carbonyl (C=O) groups excluding carboxylic acids is 2. The van der Waals surface area contributed by atoms with Gasteiger partial charge in [0.15, 0.2) is 0 Å². The maximum Gasteiger partial charge on any atom is 0.410 e. The number of nitriles is 1. The van der Waals surface area contributed by atoms with Crippen LogP contribution in [0.2, 0.25) is 0 Å². The standard InChI is InChI=1S/C32H36N4O3/c1-32(2,3)39-31(38)36-12-10-25(11-13-36)26-8-9-27-19-29(20-28(27)18-26)30(37)35-16-14-34(15-17-35)22-24-6-4-23(21-33)5-7-24/h4-10,18-19H,11-17,20,22H2,1-3H3. The van der Waals surface area contributed by atoms with E-state index in [9.17, 15) is 9.59 Å². The highest BCUT2D eigenvalue weighted by Gasteiger charge is 2.28. The lowest BCUT2D eigenvalue weighted by atomic mass is 9.96. The third-order valence-electron chi connectivity index (χ3n) is 7.51. The Labute approximate surface area is 230 Å². The Kier molecular flexibility index (Phi) is 7.58. The number of hydrogen-bond acceptors (Lipinski definition) is 5. The van der Waals surface area contributed by atoms with E-state index >= 15 is 0 Å². The van der Waals surface area contributed by atoms with Crippen molar-refractivity contribution < 1.29 is 14.3 Å². The van der Waals surface area contributed by atoms with Gasteiger partial charge in [-0.25, -0.2) is 4.79 Å². The van der Waals surface area contributed by atoms with Crippen molar-refractivity contribution in [3.05, 3.63) is 81.9 Å². The van der Waals surface area contributed by atoms with Gasteiger partial charge in [0.2, 0.25) is 5.91 Å². The van der Waals surface area contributed by atoms with Crippen molar-refractivity contribution in [1.29, 1.82) is 5.26 Å². The molecule has 2 heterocycles. The highest BCUT2D eigenvalue weighted by molar-refractivity contribution is 6.00. The van der Waals surface area contributed by atoms with E-state index in [4.69, 9.17) is 10.00 Å². The highest BCUT2D eigenvalue weighted by Crippen LogP contribution is 2.31. The Balaban J connectivity index is 1.14. The summed E-state index contributed by atoms with van der Waals surface area (Å²) in [7, 11) is 0. The maximum absolute atomic E-state index is 13.3. The van der Waals surface area contributed by atoms with Gasteiger partial charge in [-0.2, -0.15) is 5.26 Å². The van der Waals surface area contributed by atoms with Crippen molar-refractivity contribution in [3.63, 3.8) is 0 Å². The minimum Gasteiger partial charge on any atom is -0.444 e. The van der Waals surface area contributed by atoms with Crippen molar-refractivity contribution in [2.24, 2.45) is 0 Å². The van der Waals surface area contributed by atoms with Gasteiger partial charge < -0.3 is 14.5 Å². The van der Waals surface area contributed by atoms with E-state index < -0.39 is 5.60 Å². The van der Waals surface area contributed by atoms with Gasteiger partial charge in [0.25, 0.3) is 0 Å². The Morgan fingerprint density at radius 1 is 0.974 bits per heavy atom. The van der Waals surface area contributed by atoms with Crippen molar-refractivity contribution in [1.82, 2.24) is 14.7 Å². The summed E-state index contributed by atoms with van der Waals surface area (Å²) < 4.78 is 5.51. The van der Waals surface area contributed by atoms with Gasteiger partial charge in [-0.3, -0.25) is 9.69 Å². The van der Waals surface area contributed by atoms with Gasteiger partial charge in [-0.15, -0.1) is 0 Å². The molecule has 0 saturated carbocycles. The highest BCUT2D eigenvalue weighted by atomic mass is 16.6.